The van der Waals surface area contributed by atoms with Crippen molar-refractivity contribution in [3.05, 3.63) is 22.8 Å². The lowest BCUT2D eigenvalue weighted by atomic mass is 9.93. The van der Waals surface area contributed by atoms with Crippen LogP contribution in [-0.4, -0.2) is 22.6 Å². The van der Waals surface area contributed by atoms with E-state index in [1.165, 1.54) is 5.56 Å². The second kappa shape index (κ2) is 6.00. The molecule has 1 heterocycles. The Morgan fingerprint density at radius 2 is 1.47 bits per heavy atom. The van der Waals surface area contributed by atoms with Gasteiger partial charge in [0.1, 0.15) is 5.82 Å². The number of aryl methyl sites for hydroxylation is 2. The van der Waals surface area contributed by atoms with Crippen molar-refractivity contribution in [3.63, 3.8) is 0 Å². The first-order valence-corrected chi connectivity index (χ1v) is 7.22. The fourth-order valence-electron chi connectivity index (χ4n) is 2.29. The Morgan fingerprint density at radius 1 is 1.00 bits per heavy atom. The lowest BCUT2D eigenvalue weighted by molar-refractivity contribution is 0.524. The van der Waals surface area contributed by atoms with Crippen molar-refractivity contribution in [2.24, 2.45) is 0 Å². The molecule has 0 radical (unpaired) electrons. The minimum Gasteiger partial charge on any atom is -0.314 e. The molecule has 0 aromatic carbocycles. The summed E-state index contributed by atoms with van der Waals surface area (Å²) in [5.74, 6) is 1.38. The largest absolute Gasteiger partial charge is 0.314 e. The zero-order valence-electron chi connectivity index (χ0n) is 13.8. The summed E-state index contributed by atoms with van der Waals surface area (Å²) in [6.45, 7) is 18.2. The number of nitrogens with zero attached hydrogens (tertiary/aromatic N) is 2. The van der Waals surface area contributed by atoms with E-state index in [9.17, 15) is 0 Å². The predicted molar refractivity (Wildman–Crippen MR) is 81.8 cm³/mol. The Hall–Kier alpha value is -0.960. The van der Waals surface area contributed by atoms with Crippen molar-refractivity contribution in [2.45, 2.75) is 72.8 Å². The Morgan fingerprint density at radius 3 is 1.84 bits per heavy atom. The van der Waals surface area contributed by atoms with E-state index < -0.39 is 0 Å². The SMILES string of the molecule is Cc1nc(C(C)(C)C)nc(C)c1C(C)CNC(C)C. The fraction of sp³-hybridized carbons (Fsp3) is 0.750. The highest BCUT2D eigenvalue weighted by Crippen LogP contribution is 2.25. The van der Waals surface area contributed by atoms with Crippen LogP contribution in [-0.2, 0) is 5.41 Å². The van der Waals surface area contributed by atoms with Crippen LogP contribution in [0.1, 0.15) is 70.2 Å². The summed E-state index contributed by atoms with van der Waals surface area (Å²) in [5.41, 5.74) is 3.54. The van der Waals surface area contributed by atoms with Gasteiger partial charge < -0.3 is 5.32 Å². The van der Waals surface area contributed by atoms with Crippen molar-refractivity contribution >= 4 is 0 Å². The van der Waals surface area contributed by atoms with Crippen LogP contribution >= 0.6 is 0 Å². The topological polar surface area (TPSA) is 37.8 Å². The van der Waals surface area contributed by atoms with Gasteiger partial charge in [0.2, 0.25) is 0 Å². The monoisotopic (exact) mass is 263 g/mol. The standard InChI is InChI=1S/C16H29N3/c1-10(2)17-9-11(3)14-12(4)18-15(16(6,7)8)19-13(14)5/h10-11,17H,9H2,1-8H3. The Bertz CT molecular complexity index is 407. The third-order valence-corrected chi connectivity index (χ3v) is 3.32. The van der Waals surface area contributed by atoms with Crippen molar-refractivity contribution < 1.29 is 0 Å². The third kappa shape index (κ3) is 4.27. The van der Waals surface area contributed by atoms with E-state index in [4.69, 9.17) is 9.97 Å². The molecule has 0 spiro atoms. The molecule has 0 aliphatic heterocycles. The molecule has 0 saturated carbocycles. The van der Waals surface area contributed by atoms with E-state index in [0.29, 0.717) is 12.0 Å². The number of aromatic nitrogens is 2. The summed E-state index contributed by atoms with van der Waals surface area (Å²) in [5, 5.41) is 3.49. The minimum absolute atomic E-state index is 0.00741. The molecule has 0 amide bonds. The van der Waals surface area contributed by atoms with E-state index in [-0.39, 0.29) is 5.41 Å². The molecule has 19 heavy (non-hydrogen) atoms. The predicted octanol–water partition coefficient (Wildman–Crippen LogP) is 3.49. The van der Waals surface area contributed by atoms with Gasteiger partial charge in [0.25, 0.3) is 0 Å². The maximum Gasteiger partial charge on any atom is 0.134 e. The second-order valence-electron chi connectivity index (χ2n) is 6.85. The number of hydrogen-bond acceptors (Lipinski definition) is 3. The molecule has 1 N–H and O–H groups in total. The zero-order valence-corrected chi connectivity index (χ0v) is 13.8. The normalized spacial score (nSPS) is 13.9. The van der Waals surface area contributed by atoms with Gasteiger partial charge in [-0.1, -0.05) is 41.5 Å². The highest BCUT2D eigenvalue weighted by molar-refractivity contribution is 5.29. The van der Waals surface area contributed by atoms with E-state index in [1.54, 1.807) is 0 Å². The summed E-state index contributed by atoms with van der Waals surface area (Å²) >= 11 is 0. The number of hydrogen-bond donors (Lipinski definition) is 1. The molecule has 0 bridgehead atoms. The van der Waals surface area contributed by atoms with Gasteiger partial charge in [-0.2, -0.15) is 0 Å². The summed E-state index contributed by atoms with van der Waals surface area (Å²) in [6.07, 6.45) is 0. The summed E-state index contributed by atoms with van der Waals surface area (Å²) in [6, 6.07) is 0.512. The highest BCUT2D eigenvalue weighted by atomic mass is 14.9. The van der Waals surface area contributed by atoms with Crippen LogP contribution in [0.3, 0.4) is 0 Å². The van der Waals surface area contributed by atoms with Gasteiger partial charge >= 0.3 is 0 Å². The van der Waals surface area contributed by atoms with Gasteiger partial charge in [0.15, 0.2) is 0 Å². The van der Waals surface area contributed by atoms with E-state index in [1.807, 2.05) is 0 Å². The van der Waals surface area contributed by atoms with Crippen LogP contribution in [0.25, 0.3) is 0 Å². The van der Waals surface area contributed by atoms with Crippen LogP contribution in [0, 0.1) is 13.8 Å². The molecule has 0 aliphatic carbocycles. The smallest absolute Gasteiger partial charge is 0.134 e. The molecule has 1 aromatic rings. The van der Waals surface area contributed by atoms with E-state index >= 15 is 0 Å². The molecule has 3 nitrogen and oxygen atoms in total. The summed E-state index contributed by atoms with van der Waals surface area (Å²) < 4.78 is 0. The quantitative estimate of drug-likeness (QED) is 0.903. The maximum atomic E-state index is 4.71. The summed E-state index contributed by atoms with van der Waals surface area (Å²) in [7, 11) is 0. The van der Waals surface area contributed by atoms with Gasteiger partial charge in [-0.25, -0.2) is 9.97 Å². The second-order valence-corrected chi connectivity index (χ2v) is 6.85. The van der Waals surface area contributed by atoms with Crippen molar-refractivity contribution in [1.29, 1.82) is 0 Å². The minimum atomic E-state index is 0.00741. The first kappa shape index (κ1) is 16.1. The van der Waals surface area contributed by atoms with Crippen LogP contribution in [0.4, 0.5) is 0 Å². The molecule has 0 saturated heterocycles. The van der Waals surface area contributed by atoms with Gasteiger partial charge in [0, 0.05) is 29.4 Å². The Balaban J connectivity index is 3.03. The molecule has 1 aromatic heterocycles. The van der Waals surface area contributed by atoms with Gasteiger partial charge in [-0.3, -0.25) is 0 Å². The lowest BCUT2D eigenvalue weighted by Crippen LogP contribution is -2.28. The highest BCUT2D eigenvalue weighted by Gasteiger charge is 2.21. The molecule has 1 unspecified atom stereocenters. The first-order chi connectivity index (χ1) is 8.62. The van der Waals surface area contributed by atoms with Crippen LogP contribution < -0.4 is 5.32 Å². The van der Waals surface area contributed by atoms with Crippen molar-refractivity contribution in [2.75, 3.05) is 6.54 Å². The molecule has 108 valence electrons. The number of rotatable bonds is 4. The molecule has 3 heteroatoms. The zero-order chi connectivity index (χ0) is 14.8. The van der Waals surface area contributed by atoms with E-state index in [2.05, 4.69) is 60.7 Å². The van der Waals surface area contributed by atoms with E-state index in [0.717, 1.165) is 23.8 Å². The molecule has 1 atom stereocenters. The van der Waals surface area contributed by atoms with Gasteiger partial charge in [0.05, 0.1) is 0 Å². The maximum absolute atomic E-state index is 4.71. The average molecular weight is 263 g/mol. The average Bonchev–Trinajstić information content (AvgIpc) is 2.24. The van der Waals surface area contributed by atoms with Crippen LogP contribution in [0.2, 0.25) is 0 Å². The van der Waals surface area contributed by atoms with Crippen LogP contribution in [0.15, 0.2) is 0 Å². The third-order valence-electron chi connectivity index (χ3n) is 3.32. The number of nitrogens with one attached hydrogen (secondary N) is 1. The molecular formula is C16H29N3. The van der Waals surface area contributed by atoms with Gasteiger partial charge in [-0.05, 0) is 25.3 Å². The van der Waals surface area contributed by atoms with Crippen molar-refractivity contribution in [1.82, 2.24) is 15.3 Å². The molecule has 0 aliphatic rings. The Kier molecular flexibility index (Phi) is 5.08. The first-order valence-electron chi connectivity index (χ1n) is 7.22. The lowest BCUT2D eigenvalue weighted by Gasteiger charge is -2.23. The summed E-state index contributed by atoms with van der Waals surface area (Å²) in [4.78, 5) is 9.43. The van der Waals surface area contributed by atoms with Crippen molar-refractivity contribution in [3.8, 4) is 0 Å². The molecular weight excluding hydrogens is 234 g/mol. The molecule has 0 fully saturated rings. The Labute approximate surface area is 118 Å². The van der Waals surface area contributed by atoms with Crippen LogP contribution in [0.5, 0.6) is 0 Å². The molecule has 1 rings (SSSR count). The van der Waals surface area contributed by atoms with Gasteiger partial charge in [-0.15, -0.1) is 0 Å². The fourth-order valence-corrected chi connectivity index (χ4v) is 2.29.